The first kappa shape index (κ1) is 14.0. The van der Waals surface area contributed by atoms with Gasteiger partial charge in [0.15, 0.2) is 6.04 Å². The molecule has 0 aliphatic rings. The lowest BCUT2D eigenvalue weighted by Gasteiger charge is -2.17. The molecule has 100 valence electrons. The number of aromatic nitrogens is 1. The molecule has 0 bridgehead atoms. The molecule has 0 fully saturated rings. The molecule has 0 aliphatic carbocycles. The largest absolute Gasteiger partial charge is 0.464 e. The first-order chi connectivity index (χ1) is 9.22. The molecule has 2 rings (SSSR count). The topological polar surface area (TPSA) is 51.2 Å². The van der Waals surface area contributed by atoms with Crippen molar-refractivity contribution in [1.29, 1.82) is 0 Å². The fraction of sp³-hybridized carbons (Fsp3) is 0.231. The number of carbonyl (C=O) groups excluding carboxylic acids is 1. The van der Waals surface area contributed by atoms with Gasteiger partial charge in [0, 0.05) is 15.5 Å². The number of para-hydroxylation sites is 1. The molecule has 1 heterocycles. The van der Waals surface area contributed by atoms with Gasteiger partial charge >= 0.3 is 5.97 Å². The van der Waals surface area contributed by atoms with Gasteiger partial charge in [0.1, 0.15) is 0 Å². The van der Waals surface area contributed by atoms with Crippen LogP contribution in [-0.4, -0.2) is 17.6 Å². The van der Waals surface area contributed by atoms with Gasteiger partial charge in [0.05, 0.1) is 17.8 Å². The van der Waals surface area contributed by atoms with E-state index in [0.29, 0.717) is 12.3 Å². The second-order valence-corrected chi connectivity index (χ2v) is 5.30. The number of halogens is 1. The Morgan fingerprint density at radius 2 is 2.32 bits per heavy atom. The van der Waals surface area contributed by atoms with Crippen molar-refractivity contribution in [2.75, 3.05) is 11.9 Å². The van der Waals surface area contributed by atoms with Crippen LogP contribution in [0.4, 0.5) is 5.69 Å². The number of hydrogen-bond donors (Lipinski definition) is 1. The van der Waals surface area contributed by atoms with Gasteiger partial charge in [0.2, 0.25) is 0 Å². The Hall–Kier alpha value is -1.40. The summed E-state index contributed by atoms with van der Waals surface area (Å²) >= 11 is 4.89. The second kappa shape index (κ2) is 6.68. The number of nitrogens with one attached hydrogen (secondary N) is 1. The van der Waals surface area contributed by atoms with Crippen LogP contribution in [0.15, 0.2) is 39.6 Å². The Bertz CT molecular complexity index is 545. The van der Waals surface area contributed by atoms with Gasteiger partial charge in [0.25, 0.3) is 0 Å². The van der Waals surface area contributed by atoms with Gasteiger partial charge in [-0.3, -0.25) is 0 Å². The van der Waals surface area contributed by atoms with Crippen LogP contribution < -0.4 is 5.32 Å². The van der Waals surface area contributed by atoms with Gasteiger partial charge in [-0.2, -0.15) is 0 Å². The van der Waals surface area contributed by atoms with E-state index in [9.17, 15) is 4.79 Å². The molecular weight excluding hydrogens is 328 g/mol. The molecule has 4 nitrogen and oxygen atoms in total. The van der Waals surface area contributed by atoms with Crippen molar-refractivity contribution in [2.45, 2.75) is 13.0 Å². The number of carbonyl (C=O) groups is 1. The third-order valence-electron chi connectivity index (χ3n) is 2.44. The highest BCUT2D eigenvalue weighted by Crippen LogP contribution is 2.27. The molecule has 0 radical (unpaired) electrons. The highest BCUT2D eigenvalue weighted by molar-refractivity contribution is 9.10. The molecule has 1 aromatic heterocycles. The van der Waals surface area contributed by atoms with Crippen molar-refractivity contribution in [3.63, 3.8) is 0 Å². The highest BCUT2D eigenvalue weighted by atomic mass is 79.9. The summed E-state index contributed by atoms with van der Waals surface area (Å²) < 4.78 is 5.98. The normalized spacial score (nSPS) is 11.9. The molecule has 0 saturated carbocycles. The Labute approximate surface area is 124 Å². The number of thiazole rings is 1. The Morgan fingerprint density at radius 1 is 1.53 bits per heavy atom. The van der Waals surface area contributed by atoms with Crippen molar-refractivity contribution in [3.05, 3.63) is 45.3 Å². The molecule has 0 spiro atoms. The summed E-state index contributed by atoms with van der Waals surface area (Å²) in [6, 6.07) is 7.02. The zero-order chi connectivity index (χ0) is 13.7. The molecule has 0 amide bonds. The maximum atomic E-state index is 12.0. The van der Waals surface area contributed by atoms with E-state index in [1.54, 1.807) is 12.4 Å². The molecule has 6 heteroatoms. The van der Waals surface area contributed by atoms with Crippen LogP contribution in [0.25, 0.3) is 0 Å². The number of benzene rings is 1. The average molecular weight is 341 g/mol. The molecule has 2 aromatic rings. The van der Waals surface area contributed by atoms with Crippen LogP contribution >= 0.6 is 27.3 Å². The molecule has 1 unspecified atom stereocenters. The maximum Gasteiger partial charge on any atom is 0.334 e. The predicted octanol–water partition coefficient (Wildman–Crippen LogP) is 3.62. The molecule has 1 aromatic carbocycles. The Balaban J connectivity index is 2.24. The summed E-state index contributed by atoms with van der Waals surface area (Å²) in [4.78, 5) is 16.2. The second-order valence-electron chi connectivity index (χ2n) is 3.72. The first-order valence-corrected chi connectivity index (χ1v) is 7.51. The minimum Gasteiger partial charge on any atom is -0.464 e. The van der Waals surface area contributed by atoms with Gasteiger partial charge in [-0.15, -0.1) is 11.3 Å². The molecule has 19 heavy (non-hydrogen) atoms. The van der Waals surface area contributed by atoms with E-state index < -0.39 is 6.04 Å². The number of esters is 1. The van der Waals surface area contributed by atoms with E-state index in [1.165, 1.54) is 11.3 Å². The van der Waals surface area contributed by atoms with Gasteiger partial charge in [-0.1, -0.05) is 12.1 Å². The predicted molar refractivity (Wildman–Crippen MR) is 79.3 cm³/mol. The van der Waals surface area contributed by atoms with Crippen LogP contribution in [0, 0.1) is 0 Å². The summed E-state index contributed by atoms with van der Waals surface area (Å²) in [6.07, 6.45) is 0. The average Bonchev–Trinajstić information content (AvgIpc) is 2.91. The van der Waals surface area contributed by atoms with Crippen molar-refractivity contribution in [3.8, 4) is 0 Å². The van der Waals surface area contributed by atoms with Crippen molar-refractivity contribution < 1.29 is 9.53 Å². The molecular formula is C13H13BrN2O2S. The van der Waals surface area contributed by atoms with Crippen molar-refractivity contribution >= 4 is 38.9 Å². The van der Waals surface area contributed by atoms with Crippen LogP contribution in [-0.2, 0) is 9.53 Å². The fourth-order valence-corrected chi connectivity index (χ4v) is 2.56. The lowest BCUT2D eigenvalue weighted by Crippen LogP contribution is -2.23. The Morgan fingerprint density at radius 3 is 2.95 bits per heavy atom. The van der Waals surface area contributed by atoms with Gasteiger partial charge in [-0.05, 0) is 35.0 Å². The quantitative estimate of drug-likeness (QED) is 0.844. The minimum atomic E-state index is -0.593. The SMILES string of the molecule is CCOC(=O)C(Nc1ccccc1Br)c1cscn1. The van der Waals surface area contributed by atoms with E-state index >= 15 is 0 Å². The summed E-state index contributed by atoms with van der Waals surface area (Å²) in [6.45, 7) is 2.13. The van der Waals surface area contributed by atoms with E-state index in [2.05, 4.69) is 26.2 Å². The number of hydrogen-bond acceptors (Lipinski definition) is 5. The highest BCUT2D eigenvalue weighted by Gasteiger charge is 2.24. The van der Waals surface area contributed by atoms with Gasteiger partial charge in [-0.25, -0.2) is 9.78 Å². The van der Waals surface area contributed by atoms with Crippen LogP contribution in [0.1, 0.15) is 18.7 Å². The summed E-state index contributed by atoms with van der Waals surface area (Å²) in [5.41, 5.74) is 3.19. The molecule has 1 atom stereocenters. The zero-order valence-electron chi connectivity index (χ0n) is 10.3. The number of anilines is 1. The van der Waals surface area contributed by atoms with Crippen molar-refractivity contribution in [2.24, 2.45) is 0 Å². The third kappa shape index (κ3) is 3.54. The maximum absolute atomic E-state index is 12.0. The minimum absolute atomic E-state index is 0.329. The standard InChI is InChI=1S/C13H13BrN2O2S/c1-2-18-13(17)12(11-7-19-8-15-11)16-10-6-4-3-5-9(10)14/h3-8,12,16H,2H2,1H3. The van der Waals surface area contributed by atoms with E-state index in [-0.39, 0.29) is 5.97 Å². The summed E-state index contributed by atoms with van der Waals surface area (Å²) in [5, 5.41) is 5.00. The number of nitrogens with zero attached hydrogens (tertiary/aromatic N) is 1. The monoisotopic (exact) mass is 340 g/mol. The third-order valence-corrected chi connectivity index (χ3v) is 3.74. The first-order valence-electron chi connectivity index (χ1n) is 5.78. The fourth-order valence-electron chi connectivity index (χ4n) is 1.58. The smallest absolute Gasteiger partial charge is 0.334 e. The summed E-state index contributed by atoms with van der Waals surface area (Å²) in [5.74, 6) is -0.329. The molecule has 1 N–H and O–H groups in total. The van der Waals surface area contributed by atoms with Crippen molar-refractivity contribution in [1.82, 2.24) is 4.98 Å². The number of ether oxygens (including phenoxy) is 1. The Kier molecular flexibility index (Phi) is 4.93. The van der Waals surface area contributed by atoms with E-state index in [4.69, 9.17) is 4.74 Å². The summed E-state index contributed by atoms with van der Waals surface area (Å²) in [7, 11) is 0. The number of rotatable bonds is 5. The lowest BCUT2D eigenvalue weighted by atomic mass is 10.2. The van der Waals surface area contributed by atoms with Gasteiger partial charge < -0.3 is 10.1 Å². The van der Waals surface area contributed by atoms with E-state index in [1.807, 2.05) is 29.6 Å². The van der Waals surface area contributed by atoms with Crippen LogP contribution in [0.3, 0.4) is 0 Å². The molecule has 0 aliphatic heterocycles. The van der Waals surface area contributed by atoms with Crippen LogP contribution in [0.2, 0.25) is 0 Å². The zero-order valence-corrected chi connectivity index (χ0v) is 12.7. The molecule has 0 saturated heterocycles. The lowest BCUT2D eigenvalue weighted by molar-refractivity contribution is -0.144. The van der Waals surface area contributed by atoms with Crippen LogP contribution in [0.5, 0.6) is 0 Å². The van der Waals surface area contributed by atoms with E-state index in [0.717, 1.165) is 10.2 Å².